The van der Waals surface area contributed by atoms with E-state index in [4.69, 9.17) is 0 Å². The summed E-state index contributed by atoms with van der Waals surface area (Å²) in [7, 11) is 1.81. The van der Waals surface area contributed by atoms with Crippen LogP contribution in [-0.2, 0) is 16.8 Å². The largest absolute Gasteiger partial charge is 0.345 e. The van der Waals surface area contributed by atoms with E-state index in [-0.39, 0.29) is 11.3 Å². The average molecular weight is 269 g/mol. The van der Waals surface area contributed by atoms with Gasteiger partial charge in [-0.05, 0) is 6.92 Å². The van der Waals surface area contributed by atoms with Crippen LogP contribution in [0.5, 0.6) is 0 Å². The van der Waals surface area contributed by atoms with E-state index < -0.39 is 0 Å². The van der Waals surface area contributed by atoms with Crippen LogP contribution in [0.25, 0.3) is 0 Å². The van der Waals surface area contributed by atoms with Crippen molar-refractivity contribution in [3.05, 3.63) is 16.1 Å². The molecule has 102 valence electrons. The lowest BCUT2D eigenvalue weighted by atomic mass is 9.93. The maximum atomic E-state index is 11.6. The van der Waals surface area contributed by atoms with Crippen LogP contribution in [-0.4, -0.2) is 35.9 Å². The summed E-state index contributed by atoms with van der Waals surface area (Å²) in [5.74, 6) is 0.116. The second-order valence-corrected chi connectivity index (χ2v) is 6.33. The van der Waals surface area contributed by atoms with Crippen molar-refractivity contribution in [2.45, 2.75) is 39.7 Å². The fraction of sp³-hybridized carbons (Fsp3) is 0.692. The molecule has 0 saturated heterocycles. The SMILES string of the molecule is CCN(C)C(=O)CNCc1nc(C(C)(C)C)cs1. The number of likely N-dealkylation sites (N-methyl/N-ethyl adjacent to an activating group) is 1. The van der Waals surface area contributed by atoms with Crippen molar-refractivity contribution >= 4 is 17.2 Å². The third-order valence-electron chi connectivity index (χ3n) is 2.77. The quantitative estimate of drug-likeness (QED) is 0.889. The fourth-order valence-electron chi connectivity index (χ4n) is 1.32. The molecule has 0 bridgehead atoms. The van der Waals surface area contributed by atoms with Gasteiger partial charge >= 0.3 is 0 Å². The Balaban J connectivity index is 2.41. The van der Waals surface area contributed by atoms with E-state index in [9.17, 15) is 4.79 Å². The van der Waals surface area contributed by atoms with Gasteiger partial charge in [-0.1, -0.05) is 20.8 Å². The first-order valence-corrected chi connectivity index (χ1v) is 7.12. The molecule has 1 rings (SSSR count). The molecule has 0 fully saturated rings. The maximum Gasteiger partial charge on any atom is 0.236 e. The second kappa shape index (κ2) is 6.29. The Morgan fingerprint density at radius 3 is 2.67 bits per heavy atom. The zero-order valence-corrected chi connectivity index (χ0v) is 12.7. The van der Waals surface area contributed by atoms with Gasteiger partial charge in [-0.25, -0.2) is 4.98 Å². The van der Waals surface area contributed by atoms with Crippen molar-refractivity contribution < 1.29 is 4.79 Å². The summed E-state index contributed by atoms with van der Waals surface area (Å²) in [4.78, 5) is 17.9. The molecule has 0 aliphatic carbocycles. The normalized spacial score (nSPS) is 11.6. The average Bonchev–Trinajstić information content (AvgIpc) is 2.76. The van der Waals surface area contributed by atoms with Gasteiger partial charge in [-0.3, -0.25) is 4.79 Å². The van der Waals surface area contributed by atoms with Crippen LogP contribution >= 0.6 is 11.3 Å². The Hall–Kier alpha value is -0.940. The first kappa shape index (κ1) is 15.1. The highest BCUT2D eigenvalue weighted by molar-refractivity contribution is 7.09. The minimum absolute atomic E-state index is 0.0903. The summed E-state index contributed by atoms with van der Waals surface area (Å²) in [6, 6.07) is 0. The molecule has 0 radical (unpaired) electrons. The number of aromatic nitrogens is 1. The molecule has 0 atom stereocenters. The second-order valence-electron chi connectivity index (χ2n) is 5.39. The molecule has 1 aromatic heterocycles. The number of carbonyl (C=O) groups is 1. The summed E-state index contributed by atoms with van der Waals surface area (Å²) in [6.07, 6.45) is 0. The van der Waals surface area contributed by atoms with Gasteiger partial charge in [0, 0.05) is 30.9 Å². The lowest BCUT2D eigenvalue weighted by Gasteiger charge is -2.15. The van der Waals surface area contributed by atoms with E-state index in [2.05, 4.69) is 36.5 Å². The lowest BCUT2D eigenvalue weighted by molar-refractivity contribution is -0.128. The van der Waals surface area contributed by atoms with Crippen LogP contribution < -0.4 is 5.32 Å². The molecule has 1 heterocycles. The van der Waals surface area contributed by atoms with E-state index in [0.717, 1.165) is 17.2 Å². The summed E-state index contributed by atoms with van der Waals surface area (Å²) in [6.45, 7) is 10.2. The summed E-state index contributed by atoms with van der Waals surface area (Å²) < 4.78 is 0. The molecular formula is C13H23N3OS. The van der Waals surface area contributed by atoms with E-state index in [1.807, 2.05) is 14.0 Å². The molecule has 0 spiro atoms. The Bertz CT molecular complexity index is 395. The van der Waals surface area contributed by atoms with Gasteiger partial charge in [-0.15, -0.1) is 11.3 Å². The molecule has 0 aliphatic heterocycles. The van der Waals surface area contributed by atoms with Crippen LogP contribution in [0.4, 0.5) is 0 Å². The number of rotatable bonds is 5. The van der Waals surface area contributed by atoms with E-state index in [1.165, 1.54) is 0 Å². The van der Waals surface area contributed by atoms with Crippen molar-refractivity contribution in [3.63, 3.8) is 0 Å². The highest BCUT2D eigenvalue weighted by Gasteiger charge is 2.17. The first-order chi connectivity index (χ1) is 8.34. The van der Waals surface area contributed by atoms with Crippen molar-refractivity contribution in [2.24, 2.45) is 0 Å². The Kier molecular flexibility index (Phi) is 5.28. The number of nitrogens with zero attached hydrogens (tertiary/aromatic N) is 2. The summed E-state index contributed by atoms with van der Waals surface area (Å²) >= 11 is 1.64. The summed E-state index contributed by atoms with van der Waals surface area (Å²) in [5.41, 5.74) is 1.20. The molecule has 0 saturated carbocycles. The van der Waals surface area contributed by atoms with Gasteiger partial charge in [0.1, 0.15) is 5.01 Å². The van der Waals surface area contributed by atoms with Crippen LogP contribution in [0.15, 0.2) is 5.38 Å². The molecule has 4 nitrogen and oxygen atoms in total. The summed E-state index contributed by atoms with van der Waals surface area (Å²) in [5, 5.41) is 6.27. The highest BCUT2D eigenvalue weighted by atomic mass is 32.1. The van der Waals surface area contributed by atoms with Gasteiger partial charge in [0.05, 0.1) is 12.2 Å². The third-order valence-corrected chi connectivity index (χ3v) is 3.62. The van der Waals surface area contributed by atoms with Crippen LogP contribution in [0, 0.1) is 0 Å². The van der Waals surface area contributed by atoms with E-state index in [0.29, 0.717) is 13.1 Å². The van der Waals surface area contributed by atoms with Crippen molar-refractivity contribution in [2.75, 3.05) is 20.1 Å². The highest BCUT2D eigenvalue weighted by Crippen LogP contribution is 2.23. The zero-order valence-electron chi connectivity index (χ0n) is 11.9. The Morgan fingerprint density at radius 2 is 2.17 bits per heavy atom. The van der Waals surface area contributed by atoms with Gasteiger partial charge < -0.3 is 10.2 Å². The number of amides is 1. The number of thiazole rings is 1. The predicted molar refractivity (Wildman–Crippen MR) is 75.8 cm³/mol. The van der Waals surface area contributed by atoms with Gasteiger partial charge in [-0.2, -0.15) is 0 Å². The van der Waals surface area contributed by atoms with Gasteiger partial charge in [0.25, 0.3) is 0 Å². The molecule has 1 N–H and O–H groups in total. The molecule has 18 heavy (non-hydrogen) atoms. The molecule has 0 aromatic carbocycles. The van der Waals surface area contributed by atoms with Crippen LogP contribution in [0.1, 0.15) is 38.4 Å². The number of hydrogen-bond acceptors (Lipinski definition) is 4. The number of carbonyl (C=O) groups excluding carboxylic acids is 1. The minimum Gasteiger partial charge on any atom is -0.345 e. The molecule has 0 unspecified atom stereocenters. The monoisotopic (exact) mass is 269 g/mol. The Labute approximate surface area is 113 Å². The Morgan fingerprint density at radius 1 is 1.50 bits per heavy atom. The lowest BCUT2D eigenvalue weighted by Crippen LogP contribution is -2.35. The maximum absolute atomic E-state index is 11.6. The third kappa shape index (κ3) is 4.38. The van der Waals surface area contributed by atoms with Gasteiger partial charge in [0.2, 0.25) is 5.91 Å². The van der Waals surface area contributed by atoms with Crippen molar-refractivity contribution in [1.29, 1.82) is 0 Å². The fourth-order valence-corrected chi connectivity index (χ4v) is 2.31. The zero-order chi connectivity index (χ0) is 13.8. The molecule has 1 amide bonds. The van der Waals surface area contributed by atoms with Crippen LogP contribution in [0.3, 0.4) is 0 Å². The first-order valence-electron chi connectivity index (χ1n) is 6.24. The standard InChI is InChI=1S/C13H23N3OS/c1-6-16(5)12(17)8-14-7-11-15-10(9-18-11)13(2,3)4/h9,14H,6-8H2,1-5H3. The molecule has 5 heteroatoms. The van der Waals surface area contributed by atoms with E-state index >= 15 is 0 Å². The minimum atomic E-state index is 0.0903. The van der Waals surface area contributed by atoms with Crippen molar-refractivity contribution in [3.8, 4) is 0 Å². The van der Waals surface area contributed by atoms with Crippen LogP contribution in [0.2, 0.25) is 0 Å². The number of nitrogens with one attached hydrogen (secondary N) is 1. The number of hydrogen-bond donors (Lipinski definition) is 1. The molecule has 0 aliphatic rings. The van der Waals surface area contributed by atoms with E-state index in [1.54, 1.807) is 16.2 Å². The van der Waals surface area contributed by atoms with Crippen molar-refractivity contribution in [1.82, 2.24) is 15.2 Å². The topological polar surface area (TPSA) is 45.2 Å². The van der Waals surface area contributed by atoms with Gasteiger partial charge in [0.15, 0.2) is 0 Å². The molecule has 1 aromatic rings. The smallest absolute Gasteiger partial charge is 0.236 e. The molecular weight excluding hydrogens is 246 g/mol. The predicted octanol–water partition coefficient (Wildman–Crippen LogP) is 2.01.